The van der Waals surface area contributed by atoms with Crippen molar-refractivity contribution in [3.8, 4) is 28.5 Å². The van der Waals surface area contributed by atoms with E-state index in [0.717, 1.165) is 67.7 Å². The van der Waals surface area contributed by atoms with E-state index in [-0.39, 0.29) is 41.7 Å². The number of ether oxygens (including phenoxy) is 1. The molecular formula is C31H39ClFN5O3. The number of amides is 1. The SMILES string of the molecule is C[C@@H]1CN(Cc2ccc(-c3cccc(Oc4ncc(F)cc4C(=O)NC4CCC(N)CC4)c3)cc2O)C[C@H](C)N1.Cl. The third-order valence-corrected chi connectivity index (χ3v) is 7.66. The van der Waals surface area contributed by atoms with E-state index >= 15 is 0 Å². The molecule has 0 unspecified atom stereocenters. The number of aromatic hydroxyl groups is 1. The molecule has 0 spiro atoms. The molecule has 1 saturated heterocycles. The normalized spacial score (nSPS) is 22.9. The topological polar surface area (TPSA) is 113 Å². The third-order valence-electron chi connectivity index (χ3n) is 7.66. The number of pyridine rings is 1. The molecule has 1 amide bonds. The maximum absolute atomic E-state index is 14.1. The number of carbonyl (C=O) groups excluding carboxylic acids is 1. The summed E-state index contributed by atoms with van der Waals surface area (Å²) in [6.45, 7) is 6.88. The number of benzene rings is 2. The molecular weight excluding hydrogens is 545 g/mol. The molecule has 5 N–H and O–H groups in total. The Hall–Kier alpha value is -3.24. The van der Waals surface area contributed by atoms with Crippen molar-refractivity contribution in [3.63, 3.8) is 0 Å². The van der Waals surface area contributed by atoms with Crippen molar-refractivity contribution in [3.05, 3.63) is 71.7 Å². The van der Waals surface area contributed by atoms with E-state index in [2.05, 4.69) is 34.4 Å². The van der Waals surface area contributed by atoms with Crippen LogP contribution in [0.15, 0.2) is 54.7 Å². The number of rotatable bonds is 7. The van der Waals surface area contributed by atoms with Crippen molar-refractivity contribution in [2.45, 2.75) is 70.2 Å². The molecule has 2 atom stereocenters. The summed E-state index contributed by atoms with van der Waals surface area (Å²) in [4.78, 5) is 19.4. The molecule has 1 saturated carbocycles. The van der Waals surface area contributed by atoms with Crippen LogP contribution in [-0.4, -0.2) is 58.2 Å². The molecule has 2 heterocycles. The number of phenolic OH excluding ortho intramolecular Hbond substituents is 1. The van der Waals surface area contributed by atoms with Gasteiger partial charge in [-0.15, -0.1) is 12.4 Å². The maximum Gasteiger partial charge on any atom is 0.257 e. The molecule has 2 aromatic carbocycles. The summed E-state index contributed by atoms with van der Waals surface area (Å²) in [5.41, 5.74) is 8.55. The summed E-state index contributed by atoms with van der Waals surface area (Å²) < 4.78 is 20.1. The average Bonchev–Trinajstić information content (AvgIpc) is 2.92. The Morgan fingerprint density at radius 2 is 1.80 bits per heavy atom. The van der Waals surface area contributed by atoms with Crippen molar-refractivity contribution in [1.29, 1.82) is 0 Å². The summed E-state index contributed by atoms with van der Waals surface area (Å²) in [6, 6.07) is 15.1. The minimum atomic E-state index is -0.614. The van der Waals surface area contributed by atoms with Crippen molar-refractivity contribution >= 4 is 18.3 Å². The number of nitrogens with two attached hydrogens (primary N) is 1. The predicted octanol–water partition coefficient (Wildman–Crippen LogP) is 4.99. The van der Waals surface area contributed by atoms with E-state index in [1.165, 1.54) is 0 Å². The zero-order chi connectivity index (χ0) is 28.2. The zero-order valence-electron chi connectivity index (χ0n) is 23.5. The lowest BCUT2D eigenvalue weighted by molar-refractivity contribution is 0.0922. The van der Waals surface area contributed by atoms with Gasteiger partial charge in [0.2, 0.25) is 5.88 Å². The average molecular weight is 584 g/mol. The first kappa shape index (κ1) is 30.7. The van der Waals surface area contributed by atoms with E-state index < -0.39 is 11.7 Å². The Morgan fingerprint density at radius 3 is 2.51 bits per heavy atom. The number of carbonyl (C=O) groups is 1. The number of piperazine rings is 1. The molecule has 0 bridgehead atoms. The van der Waals surface area contributed by atoms with Gasteiger partial charge in [-0.3, -0.25) is 9.69 Å². The molecule has 1 aliphatic carbocycles. The Bertz CT molecular complexity index is 1340. The molecule has 2 fully saturated rings. The highest BCUT2D eigenvalue weighted by Crippen LogP contribution is 2.32. The van der Waals surface area contributed by atoms with Gasteiger partial charge in [-0.1, -0.05) is 24.3 Å². The fourth-order valence-corrected chi connectivity index (χ4v) is 5.74. The molecule has 10 heteroatoms. The van der Waals surface area contributed by atoms with E-state index in [1.54, 1.807) is 12.1 Å². The Labute approximate surface area is 246 Å². The number of halogens is 2. The van der Waals surface area contributed by atoms with Gasteiger partial charge in [0.1, 0.15) is 22.9 Å². The van der Waals surface area contributed by atoms with Gasteiger partial charge in [-0.25, -0.2) is 9.37 Å². The highest BCUT2D eigenvalue weighted by atomic mass is 35.5. The van der Waals surface area contributed by atoms with Gasteiger partial charge in [0.25, 0.3) is 5.91 Å². The Kier molecular flexibility index (Phi) is 10.2. The van der Waals surface area contributed by atoms with Crippen molar-refractivity contribution in [1.82, 2.24) is 20.5 Å². The van der Waals surface area contributed by atoms with Crippen molar-refractivity contribution in [2.24, 2.45) is 5.73 Å². The van der Waals surface area contributed by atoms with Gasteiger partial charge in [0.05, 0.1) is 6.20 Å². The van der Waals surface area contributed by atoms with Crippen molar-refractivity contribution < 1.29 is 19.0 Å². The highest BCUT2D eigenvalue weighted by Gasteiger charge is 2.24. The molecule has 0 radical (unpaired) electrons. The van der Waals surface area contributed by atoms with E-state index in [0.29, 0.717) is 24.4 Å². The van der Waals surface area contributed by atoms with E-state index in [9.17, 15) is 14.3 Å². The van der Waals surface area contributed by atoms with Gasteiger partial charge < -0.3 is 26.2 Å². The summed E-state index contributed by atoms with van der Waals surface area (Å²) in [7, 11) is 0. The van der Waals surface area contributed by atoms with Crippen molar-refractivity contribution in [2.75, 3.05) is 13.1 Å². The smallest absolute Gasteiger partial charge is 0.257 e. The minimum absolute atomic E-state index is 0. The summed E-state index contributed by atoms with van der Waals surface area (Å²) in [6.07, 6.45) is 4.28. The number of nitrogens with one attached hydrogen (secondary N) is 2. The van der Waals surface area contributed by atoms with Gasteiger partial charge in [-0.05, 0) is 74.9 Å². The Balaban J connectivity index is 0.00000387. The zero-order valence-corrected chi connectivity index (χ0v) is 24.3. The van der Waals surface area contributed by atoms with Crippen LogP contribution in [0.5, 0.6) is 17.4 Å². The number of aromatic nitrogens is 1. The molecule has 8 nitrogen and oxygen atoms in total. The first-order chi connectivity index (χ1) is 19.2. The second kappa shape index (κ2) is 13.6. The monoisotopic (exact) mass is 583 g/mol. The molecule has 1 aliphatic heterocycles. The fourth-order valence-electron chi connectivity index (χ4n) is 5.74. The summed E-state index contributed by atoms with van der Waals surface area (Å²) in [5, 5.41) is 17.3. The summed E-state index contributed by atoms with van der Waals surface area (Å²) in [5.74, 6) is -0.321. The van der Waals surface area contributed by atoms with E-state index in [1.807, 2.05) is 30.3 Å². The lowest BCUT2D eigenvalue weighted by Crippen LogP contribution is -2.53. The standard InChI is InChI=1S/C31H38FN5O3.ClH/c1-19-16-37(17-20(2)35-19)18-23-7-6-22(13-29(23)38)21-4-3-5-27(12-21)40-31-28(14-24(32)15-34-31)30(39)36-26-10-8-25(33)9-11-26;/h3-7,12-15,19-20,25-26,35,38H,8-11,16-18,33H2,1-2H3,(H,36,39);1H/t19-,20+,25?,26?;. The molecule has 5 rings (SSSR count). The number of hydrogen-bond donors (Lipinski definition) is 4. The summed E-state index contributed by atoms with van der Waals surface area (Å²) >= 11 is 0. The van der Waals surface area contributed by atoms with Gasteiger partial charge in [-0.2, -0.15) is 0 Å². The molecule has 41 heavy (non-hydrogen) atoms. The van der Waals surface area contributed by atoms with Crippen LogP contribution in [0.4, 0.5) is 4.39 Å². The number of nitrogens with zero attached hydrogens (tertiary/aromatic N) is 2. The van der Waals surface area contributed by atoms with Crippen LogP contribution < -0.4 is 21.1 Å². The number of phenols is 1. The maximum atomic E-state index is 14.1. The van der Waals surface area contributed by atoms with Crippen LogP contribution in [0.25, 0.3) is 11.1 Å². The lowest BCUT2D eigenvalue weighted by Gasteiger charge is -2.36. The first-order valence-electron chi connectivity index (χ1n) is 14.0. The largest absolute Gasteiger partial charge is 0.508 e. The quantitative estimate of drug-likeness (QED) is 0.310. The van der Waals surface area contributed by atoms with Gasteiger partial charge in [0.15, 0.2) is 0 Å². The lowest BCUT2D eigenvalue weighted by atomic mass is 9.91. The molecule has 3 aromatic rings. The Morgan fingerprint density at radius 1 is 1.10 bits per heavy atom. The van der Waals surface area contributed by atoms with Gasteiger partial charge in [0, 0.05) is 49.4 Å². The van der Waals surface area contributed by atoms with Gasteiger partial charge >= 0.3 is 0 Å². The minimum Gasteiger partial charge on any atom is -0.508 e. The first-order valence-corrected chi connectivity index (χ1v) is 14.0. The predicted molar refractivity (Wildman–Crippen MR) is 160 cm³/mol. The third kappa shape index (κ3) is 7.95. The number of hydrogen-bond acceptors (Lipinski definition) is 7. The molecule has 1 aromatic heterocycles. The van der Waals surface area contributed by atoms with Crippen LogP contribution in [-0.2, 0) is 6.54 Å². The van der Waals surface area contributed by atoms with Crippen LogP contribution in [0.1, 0.15) is 55.5 Å². The van der Waals surface area contributed by atoms with Crippen LogP contribution in [0, 0.1) is 5.82 Å². The molecule has 2 aliphatic rings. The van der Waals surface area contributed by atoms with Crippen LogP contribution in [0.2, 0.25) is 0 Å². The second-order valence-electron chi connectivity index (χ2n) is 11.2. The molecule has 220 valence electrons. The highest BCUT2D eigenvalue weighted by molar-refractivity contribution is 5.96. The fraction of sp³-hybridized carbons (Fsp3) is 0.419. The van der Waals surface area contributed by atoms with Crippen LogP contribution in [0.3, 0.4) is 0 Å². The van der Waals surface area contributed by atoms with E-state index in [4.69, 9.17) is 10.5 Å². The second-order valence-corrected chi connectivity index (χ2v) is 11.2. The van der Waals surface area contributed by atoms with Crippen LogP contribution >= 0.6 is 12.4 Å².